The summed E-state index contributed by atoms with van der Waals surface area (Å²) in [5, 5.41) is 18.4. The summed E-state index contributed by atoms with van der Waals surface area (Å²) in [6, 6.07) is 0. The number of carbonyl (C=O) groups excluding carboxylic acids is 2. The highest BCUT2D eigenvalue weighted by Gasteiger charge is 2.27. The number of esters is 2. The molecular formula is C53H97O10P. The van der Waals surface area contributed by atoms with Crippen LogP contribution in [0.1, 0.15) is 239 Å². The molecule has 0 aromatic rings. The summed E-state index contributed by atoms with van der Waals surface area (Å²) in [7, 11) is -4.63. The van der Waals surface area contributed by atoms with Crippen LogP contribution in [0, 0.1) is 0 Å². The van der Waals surface area contributed by atoms with Gasteiger partial charge >= 0.3 is 19.8 Å². The number of phosphoric acid groups is 1. The molecule has 11 heteroatoms. The van der Waals surface area contributed by atoms with Crippen LogP contribution in [0.4, 0.5) is 0 Å². The summed E-state index contributed by atoms with van der Waals surface area (Å²) in [6.07, 6.45) is 55.1. The van der Waals surface area contributed by atoms with Crippen molar-refractivity contribution < 1.29 is 47.8 Å². The van der Waals surface area contributed by atoms with Crippen LogP contribution < -0.4 is 0 Å². The van der Waals surface area contributed by atoms with Gasteiger partial charge in [0.1, 0.15) is 12.7 Å². The number of phosphoric ester groups is 1. The van der Waals surface area contributed by atoms with E-state index in [1.54, 1.807) is 0 Å². The molecule has 0 heterocycles. The van der Waals surface area contributed by atoms with Crippen molar-refractivity contribution >= 4 is 19.8 Å². The first-order valence-electron chi connectivity index (χ1n) is 26.1. The van der Waals surface area contributed by atoms with Gasteiger partial charge in [-0.25, -0.2) is 4.57 Å². The van der Waals surface area contributed by atoms with E-state index >= 15 is 0 Å². The van der Waals surface area contributed by atoms with E-state index in [1.807, 2.05) is 0 Å². The molecule has 0 rings (SSSR count). The Kier molecular flexibility index (Phi) is 47.3. The van der Waals surface area contributed by atoms with Gasteiger partial charge in [-0.05, 0) is 51.4 Å². The van der Waals surface area contributed by atoms with Gasteiger partial charge < -0.3 is 24.6 Å². The quantitative estimate of drug-likeness (QED) is 0.0233. The summed E-state index contributed by atoms with van der Waals surface area (Å²) >= 11 is 0. The van der Waals surface area contributed by atoms with Crippen molar-refractivity contribution in [3.05, 3.63) is 48.6 Å². The lowest BCUT2D eigenvalue weighted by Crippen LogP contribution is -2.29. The minimum atomic E-state index is -4.63. The Morgan fingerprint density at radius 1 is 0.484 bits per heavy atom. The molecule has 3 atom stereocenters. The molecule has 0 saturated heterocycles. The second kappa shape index (κ2) is 48.9. The monoisotopic (exact) mass is 925 g/mol. The van der Waals surface area contributed by atoms with Crippen molar-refractivity contribution in [2.45, 2.75) is 251 Å². The fourth-order valence-corrected chi connectivity index (χ4v) is 8.07. The average Bonchev–Trinajstić information content (AvgIpc) is 3.28. The van der Waals surface area contributed by atoms with E-state index in [0.717, 1.165) is 83.5 Å². The molecule has 0 bridgehead atoms. The molecule has 0 aliphatic rings. The molecule has 0 aromatic carbocycles. The van der Waals surface area contributed by atoms with Gasteiger partial charge in [0.05, 0.1) is 19.8 Å². The van der Waals surface area contributed by atoms with Crippen molar-refractivity contribution in [2.75, 3.05) is 26.4 Å². The number of aliphatic hydroxyl groups excluding tert-OH is 2. The third-order valence-electron chi connectivity index (χ3n) is 11.2. The Morgan fingerprint density at radius 3 is 1.30 bits per heavy atom. The van der Waals surface area contributed by atoms with E-state index in [4.69, 9.17) is 23.6 Å². The molecule has 3 N–H and O–H groups in total. The lowest BCUT2D eigenvalue weighted by Gasteiger charge is -2.20. The molecular weight excluding hydrogens is 828 g/mol. The number of allylic oxidation sites excluding steroid dienone is 8. The molecule has 0 radical (unpaired) electrons. The summed E-state index contributed by atoms with van der Waals surface area (Å²) in [5.74, 6) is -0.932. The topological polar surface area (TPSA) is 149 Å². The zero-order chi connectivity index (χ0) is 46.9. The van der Waals surface area contributed by atoms with Crippen molar-refractivity contribution in [3.8, 4) is 0 Å². The summed E-state index contributed by atoms with van der Waals surface area (Å²) in [4.78, 5) is 35.2. The molecule has 0 aliphatic carbocycles. The van der Waals surface area contributed by atoms with E-state index in [-0.39, 0.29) is 19.4 Å². The smallest absolute Gasteiger partial charge is 0.462 e. The van der Waals surface area contributed by atoms with Gasteiger partial charge in [0, 0.05) is 12.8 Å². The highest BCUT2D eigenvalue weighted by atomic mass is 31.2. The zero-order valence-corrected chi connectivity index (χ0v) is 41.9. The van der Waals surface area contributed by atoms with E-state index in [1.165, 1.54) is 116 Å². The molecule has 0 saturated carbocycles. The first-order chi connectivity index (χ1) is 31.2. The summed E-state index contributed by atoms with van der Waals surface area (Å²) in [6.45, 7) is 2.29. The van der Waals surface area contributed by atoms with Gasteiger partial charge in [0.25, 0.3) is 0 Å². The highest BCUT2D eigenvalue weighted by Crippen LogP contribution is 2.43. The van der Waals surface area contributed by atoms with Crippen molar-refractivity contribution in [1.82, 2.24) is 0 Å². The number of hydrogen-bond acceptors (Lipinski definition) is 9. The SMILES string of the molecule is CC/C=C\C/C=C\C/C=C\C/C=C\CCCCCCCCC(=O)OC(COC(=O)CCCCCCCCCCCCCCCCCCCCCCCC)COP(=O)(O)OCC(O)CO. The van der Waals surface area contributed by atoms with Crippen molar-refractivity contribution in [1.29, 1.82) is 0 Å². The Labute approximate surface area is 392 Å². The van der Waals surface area contributed by atoms with Crippen LogP contribution in [0.3, 0.4) is 0 Å². The minimum absolute atomic E-state index is 0.169. The standard InChI is InChI=1S/C53H97O10P/c1-3-5-7-9-11-13-15-17-19-21-23-24-25-27-28-30-32-34-36-38-40-42-44-52(56)60-48-51(49-62-64(58,59)61-47-50(55)46-54)63-53(57)45-43-41-39-37-35-33-31-29-26-22-20-18-16-14-12-10-8-6-4-2/h6,8,12,14,18,20,26,29,50-51,54-55H,3-5,7,9-11,13,15-17,19,21-25,27-28,30-49H2,1-2H3,(H,58,59)/b8-6-,14-12-,20-18-,29-26-. The molecule has 10 nitrogen and oxygen atoms in total. The highest BCUT2D eigenvalue weighted by molar-refractivity contribution is 7.47. The molecule has 0 fully saturated rings. The molecule has 374 valence electrons. The number of carbonyl (C=O) groups is 2. The lowest BCUT2D eigenvalue weighted by atomic mass is 10.0. The number of aliphatic hydroxyl groups is 2. The maximum atomic E-state index is 12.7. The third kappa shape index (κ3) is 47.9. The van der Waals surface area contributed by atoms with Crippen LogP contribution in [0.2, 0.25) is 0 Å². The summed E-state index contributed by atoms with van der Waals surface area (Å²) < 4.78 is 32.9. The number of ether oxygens (including phenoxy) is 2. The van der Waals surface area contributed by atoms with E-state index < -0.39 is 51.8 Å². The fraction of sp³-hybridized carbons (Fsp3) is 0.811. The summed E-state index contributed by atoms with van der Waals surface area (Å²) in [5.41, 5.74) is 0. The lowest BCUT2D eigenvalue weighted by molar-refractivity contribution is -0.161. The van der Waals surface area contributed by atoms with Gasteiger partial charge in [0.15, 0.2) is 6.10 Å². The van der Waals surface area contributed by atoms with Crippen LogP contribution in [0.25, 0.3) is 0 Å². The van der Waals surface area contributed by atoms with Crippen molar-refractivity contribution in [2.24, 2.45) is 0 Å². The Hall–Kier alpha value is -2.07. The van der Waals surface area contributed by atoms with Gasteiger partial charge in [-0.1, -0.05) is 223 Å². The van der Waals surface area contributed by atoms with Crippen LogP contribution in [0.5, 0.6) is 0 Å². The van der Waals surface area contributed by atoms with Crippen LogP contribution in [-0.2, 0) is 32.7 Å². The Morgan fingerprint density at radius 2 is 0.859 bits per heavy atom. The number of hydrogen-bond donors (Lipinski definition) is 3. The first-order valence-corrected chi connectivity index (χ1v) is 27.6. The number of rotatable bonds is 49. The van der Waals surface area contributed by atoms with Crippen LogP contribution in [0.15, 0.2) is 48.6 Å². The minimum Gasteiger partial charge on any atom is -0.462 e. The molecule has 3 unspecified atom stereocenters. The van der Waals surface area contributed by atoms with Gasteiger partial charge in [0.2, 0.25) is 0 Å². The fourth-order valence-electron chi connectivity index (χ4n) is 7.28. The van der Waals surface area contributed by atoms with Gasteiger partial charge in [-0.3, -0.25) is 18.6 Å². The van der Waals surface area contributed by atoms with E-state index in [9.17, 15) is 24.2 Å². The predicted molar refractivity (Wildman–Crippen MR) is 265 cm³/mol. The van der Waals surface area contributed by atoms with Crippen LogP contribution >= 0.6 is 7.82 Å². The van der Waals surface area contributed by atoms with Crippen LogP contribution in [-0.4, -0.2) is 65.7 Å². The Balaban J connectivity index is 4.16. The maximum Gasteiger partial charge on any atom is 0.472 e. The average molecular weight is 925 g/mol. The molecule has 0 amide bonds. The zero-order valence-electron chi connectivity index (χ0n) is 41.0. The molecule has 0 aliphatic heterocycles. The predicted octanol–water partition coefficient (Wildman–Crippen LogP) is 14.8. The third-order valence-corrected chi connectivity index (χ3v) is 12.2. The molecule has 0 aromatic heterocycles. The Bertz CT molecular complexity index is 1200. The molecule has 0 spiro atoms. The van der Waals surface area contributed by atoms with E-state index in [2.05, 4.69) is 62.5 Å². The van der Waals surface area contributed by atoms with Crippen molar-refractivity contribution in [3.63, 3.8) is 0 Å². The van der Waals surface area contributed by atoms with Gasteiger partial charge in [-0.2, -0.15) is 0 Å². The van der Waals surface area contributed by atoms with Gasteiger partial charge in [-0.15, -0.1) is 0 Å². The maximum absolute atomic E-state index is 12.7. The normalized spacial score (nSPS) is 14.0. The second-order valence-corrected chi connectivity index (χ2v) is 19.0. The second-order valence-electron chi connectivity index (χ2n) is 17.5. The first kappa shape index (κ1) is 61.9. The molecule has 64 heavy (non-hydrogen) atoms. The largest absolute Gasteiger partial charge is 0.472 e. The van der Waals surface area contributed by atoms with E-state index in [0.29, 0.717) is 12.8 Å². The number of unbranched alkanes of at least 4 members (excludes halogenated alkanes) is 27.